The molecule has 5 heteroatoms. The molecule has 0 saturated carbocycles. The van der Waals surface area contributed by atoms with Gasteiger partial charge in [0.15, 0.2) is 0 Å². The molecule has 1 amide bonds. The van der Waals surface area contributed by atoms with Gasteiger partial charge in [-0.1, -0.05) is 13.8 Å². The van der Waals surface area contributed by atoms with Crippen molar-refractivity contribution >= 4 is 11.9 Å². The third-order valence-corrected chi connectivity index (χ3v) is 2.23. The molecule has 0 radical (unpaired) electrons. The molecule has 0 bridgehead atoms. The van der Waals surface area contributed by atoms with Crippen molar-refractivity contribution in [1.82, 2.24) is 10.6 Å². The van der Waals surface area contributed by atoms with Gasteiger partial charge in [0.2, 0.25) is 5.91 Å². The van der Waals surface area contributed by atoms with Gasteiger partial charge in [0, 0.05) is 25.4 Å². The second-order valence-electron chi connectivity index (χ2n) is 3.68. The van der Waals surface area contributed by atoms with Crippen LogP contribution >= 0.6 is 0 Å². The molecule has 0 rings (SSSR count). The molecule has 0 aliphatic heterocycles. The number of methoxy groups -OCH3 is 1. The molecule has 0 aliphatic carbocycles. The van der Waals surface area contributed by atoms with Crippen molar-refractivity contribution in [2.75, 3.05) is 26.7 Å². The first-order valence-corrected chi connectivity index (χ1v) is 5.67. The standard InChI is InChI=1S/C11H22N2O3/c1-4-12-8-9(2)11(15)13-7-5-6-10(14)16-3/h9,12H,4-8H2,1-3H3,(H,13,15). The SMILES string of the molecule is CCNCC(C)C(=O)NCCCC(=O)OC. The van der Waals surface area contributed by atoms with E-state index in [1.54, 1.807) is 0 Å². The largest absolute Gasteiger partial charge is 0.469 e. The first-order valence-electron chi connectivity index (χ1n) is 5.67. The molecule has 0 fully saturated rings. The topological polar surface area (TPSA) is 67.4 Å². The van der Waals surface area contributed by atoms with Gasteiger partial charge >= 0.3 is 5.97 Å². The second kappa shape index (κ2) is 9.15. The van der Waals surface area contributed by atoms with Gasteiger partial charge in [0.05, 0.1) is 7.11 Å². The zero-order valence-electron chi connectivity index (χ0n) is 10.3. The summed E-state index contributed by atoms with van der Waals surface area (Å²) in [4.78, 5) is 22.3. The number of amides is 1. The lowest BCUT2D eigenvalue weighted by molar-refractivity contribution is -0.140. The minimum atomic E-state index is -0.241. The molecule has 94 valence electrons. The summed E-state index contributed by atoms with van der Waals surface area (Å²) in [6.45, 7) is 5.93. The van der Waals surface area contributed by atoms with Crippen LogP contribution in [0.25, 0.3) is 0 Å². The van der Waals surface area contributed by atoms with Gasteiger partial charge in [-0.25, -0.2) is 0 Å². The number of hydrogen-bond acceptors (Lipinski definition) is 4. The maximum Gasteiger partial charge on any atom is 0.305 e. The molecule has 0 aromatic carbocycles. The summed E-state index contributed by atoms with van der Waals surface area (Å²) < 4.78 is 4.50. The normalized spacial score (nSPS) is 11.9. The average molecular weight is 230 g/mol. The molecule has 0 aliphatic rings. The van der Waals surface area contributed by atoms with Crippen LogP contribution in [0.15, 0.2) is 0 Å². The Morgan fingerprint density at radius 1 is 1.38 bits per heavy atom. The third kappa shape index (κ3) is 7.23. The van der Waals surface area contributed by atoms with Gasteiger partial charge in [0.1, 0.15) is 0 Å². The van der Waals surface area contributed by atoms with E-state index in [-0.39, 0.29) is 17.8 Å². The molecule has 1 atom stereocenters. The lowest BCUT2D eigenvalue weighted by Crippen LogP contribution is -2.35. The van der Waals surface area contributed by atoms with E-state index in [9.17, 15) is 9.59 Å². The lowest BCUT2D eigenvalue weighted by Gasteiger charge is -2.11. The van der Waals surface area contributed by atoms with E-state index >= 15 is 0 Å². The Labute approximate surface area is 96.9 Å². The van der Waals surface area contributed by atoms with E-state index < -0.39 is 0 Å². The highest BCUT2D eigenvalue weighted by Crippen LogP contribution is 1.94. The Kier molecular flexibility index (Phi) is 8.52. The van der Waals surface area contributed by atoms with Crippen LogP contribution in [0.1, 0.15) is 26.7 Å². The van der Waals surface area contributed by atoms with Gasteiger partial charge < -0.3 is 15.4 Å². The van der Waals surface area contributed by atoms with Crippen molar-refractivity contribution in [2.24, 2.45) is 5.92 Å². The fourth-order valence-corrected chi connectivity index (χ4v) is 1.17. The Balaban J connectivity index is 3.53. The Morgan fingerprint density at radius 3 is 2.62 bits per heavy atom. The quantitative estimate of drug-likeness (QED) is 0.465. The van der Waals surface area contributed by atoms with Crippen molar-refractivity contribution in [3.8, 4) is 0 Å². The van der Waals surface area contributed by atoms with Crippen LogP contribution in [0.3, 0.4) is 0 Å². The minimum absolute atomic E-state index is 0.0193. The monoisotopic (exact) mass is 230 g/mol. The third-order valence-electron chi connectivity index (χ3n) is 2.23. The average Bonchev–Trinajstić information content (AvgIpc) is 2.30. The van der Waals surface area contributed by atoms with E-state index in [1.165, 1.54) is 7.11 Å². The molecule has 16 heavy (non-hydrogen) atoms. The molecule has 5 nitrogen and oxygen atoms in total. The highest BCUT2D eigenvalue weighted by atomic mass is 16.5. The van der Waals surface area contributed by atoms with Crippen molar-refractivity contribution in [3.63, 3.8) is 0 Å². The van der Waals surface area contributed by atoms with E-state index in [4.69, 9.17) is 0 Å². The smallest absolute Gasteiger partial charge is 0.305 e. The summed E-state index contributed by atoms with van der Waals surface area (Å²) in [5, 5.41) is 5.90. The maximum atomic E-state index is 11.5. The second-order valence-corrected chi connectivity index (χ2v) is 3.68. The Bertz CT molecular complexity index is 219. The van der Waals surface area contributed by atoms with E-state index in [0.29, 0.717) is 25.9 Å². The summed E-state index contributed by atoms with van der Waals surface area (Å²) >= 11 is 0. The molecule has 2 N–H and O–H groups in total. The van der Waals surface area contributed by atoms with Crippen molar-refractivity contribution in [2.45, 2.75) is 26.7 Å². The van der Waals surface area contributed by atoms with Crippen LogP contribution in [-0.2, 0) is 14.3 Å². The molecule has 0 heterocycles. The zero-order valence-corrected chi connectivity index (χ0v) is 10.3. The van der Waals surface area contributed by atoms with Crippen LogP contribution in [0.5, 0.6) is 0 Å². The van der Waals surface area contributed by atoms with Crippen LogP contribution < -0.4 is 10.6 Å². The first kappa shape index (κ1) is 14.9. The molecular formula is C11H22N2O3. The van der Waals surface area contributed by atoms with Crippen LogP contribution in [0, 0.1) is 5.92 Å². The number of esters is 1. The minimum Gasteiger partial charge on any atom is -0.469 e. The highest BCUT2D eigenvalue weighted by Gasteiger charge is 2.11. The van der Waals surface area contributed by atoms with Gasteiger partial charge in [0.25, 0.3) is 0 Å². The van der Waals surface area contributed by atoms with Crippen LogP contribution in [-0.4, -0.2) is 38.6 Å². The summed E-state index contributed by atoms with van der Waals surface area (Å²) in [7, 11) is 1.36. The summed E-state index contributed by atoms with van der Waals surface area (Å²) in [6.07, 6.45) is 0.963. The number of nitrogens with one attached hydrogen (secondary N) is 2. The van der Waals surface area contributed by atoms with Crippen molar-refractivity contribution in [3.05, 3.63) is 0 Å². The van der Waals surface area contributed by atoms with E-state index in [1.807, 2.05) is 13.8 Å². The maximum absolute atomic E-state index is 11.5. The molecule has 0 spiro atoms. The molecular weight excluding hydrogens is 208 g/mol. The summed E-state index contributed by atoms with van der Waals surface area (Å²) in [5.41, 5.74) is 0. The number of rotatable bonds is 8. The van der Waals surface area contributed by atoms with Crippen LogP contribution in [0.4, 0.5) is 0 Å². The zero-order chi connectivity index (χ0) is 12.4. The lowest BCUT2D eigenvalue weighted by atomic mass is 10.1. The summed E-state index contributed by atoms with van der Waals surface area (Å²) in [6, 6.07) is 0. The number of hydrogen-bond donors (Lipinski definition) is 2. The molecule has 1 unspecified atom stereocenters. The number of ether oxygens (including phenoxy) is 1. The number of carbonyl (C=O) groups excluding carboxylic acids is 2. The predicted octanol–water partition coefficient (Wildman–Crippen LogP) is 0.301. The molecule has 0 saturated heterocycles. The van der Waals surface area contributed by atoms with Gasteiger partial charge in [-0.05, 0) is 13.0 Å². The highest BCUT2D eigenvalue weighted by molar-refractivity contribution is 5.78. The first-order chi connectivity index (χ1) is 7.61. The van der Waals surface area contributed by atoms with Gasteiger partial charge in [-0.15, -0.1) is 0 Å². The fourth-order valence-electron chi connectivity index (χ4n) is 1.17. The fraction of sp³-hybridized carbons (Fsp3) is 0.818. The Morgan fingerprint density at radius 2 is 2.06 bits per heavy atom. The molecule has 0 aromatic heterocycles. The van der Waals surface area contributed by atoms with E-state index in [0.717, 1.165) is 6.54 Å². The Hall–Kier alpha value is -1.10. The number of carbonyl (C=O) groups is 2. The van der Waals surface area contributed by atoms with Gasteiger partial charge in [-0.3, -0.25) is 9.59 Å². The van der Waals surface area contributed by atoms with Crippen LogP contribution in [0.2, 0.25) is 0 Å². The molecule has 0 aromatic rings. The predicted molar refractivity (Wildman–Crippen MR) is 62.0 cm³/mol. The van der Waals surface area contributed by atoms with Crippen molar-refractivity contribution < 1.29 is 14.3 Å². The van der Waals surface area contributed by atoms with E-state index in [2.05, 4.69) is 15.4 Å². The summed E-state index contributed by atoms with van der Waals surface area (Å²) in [5.74, 6) is -0.265. The van der Waals surface area contributed by atoms with Crippen molar-refractivity contribution in [1.29, 1.82) is 0 Å². The van der Waals surface area contributed by atoms with Gasteiger partial charge in [-0.2, -0.15) is 0 Å².